The maximum Gasteiger partial charge on any atom is 0.331 e. The molecular weight excluding hydrogens is 156 g/mol. The number of nitrogens with one attached hydrogen (secondary N) is 1. The summed E-state index contributed by atoms with van der Waals surface area (Å²) in [5, 5.41) is 0. The summed E-state index contributed by atoms with van der Waals surface area (Å²) in [5.41, 5.74) is 2.12. The lowest BCUT2D eigenvalue weighted by atomic mass is 10.2. The van der Waals surface area contributed by atoms with Crippen molar-refractivity contribution in [3.05, 3.63) is 0 Å². The van der Waals surface area contributed by atoms with E-state index < -0.39 is 0 Å². The van der Waals surface area contributed by atoms with Crippen LogP contribution in [0.4, 0.5) is 4.79 Å². The van der Waals surface area contributed by atoms with Gasteiger partial charge in [0.25, 0.3) is 0 Å². The largest absolute Gasteiger partial charge is 0.331 e. The van der Waals surface area contributed by atoms with Crippen molar-refractivity contribution in [2.75, 3.05) is 27.2 Å². The van der Waals surface area contributed by atoms with Crippen LogP contribution in [0.25, 0.3) is 0 Å². The lowest BCUT2D eigenvalue weighted by molar-refractivity contribution is 0.191. The van der Waals surface area contributed by atoms with Crippen LogP contribution in [0.2, 0.25) is 0 Å². The van der Waals surface area contributed by atoms with Gasteiger partial charge in [0.2, 0.25) is 0 Å². The highest BCUT2D eigenvalue weighted by Gasteiger charge is 2.25. The van der Waals surface area contributed by atoms with Crippen LogP contribution < -0.4 is 11.3 Å². The van der Waals surface area contributed by atoms with E-state index in [1.807, 2.05) is 7.05 Å². The van der Waals surface area contributed by atoms with Gasteiger partial charge in [0.1, 0.15) is 0 Å². The van der Waals surface area contributed by atoms with E-state index in [0.29, 0.717) is 6.04 Å². The number of rotatable bonds is 1. The Balaban J connectivity index is 2.42. The molecule has 3 N–H and O–H groups in total. The van der Waals surface area contributed by atoms with Gasteiger partial charge in [0.05, 0.1) is 0 Å². The summed E-state index contributed by atoms with van der Waals surface area (Å²) in [7, 11) is 3.82. The van der Waals surface area contributed by atoms with Crippen molar-refractivity contribution in [3.63, 3.8) is 0 Å². The van der Waals surface area contributed by atoms with E-state index in [1.54, 1.807) is 11.9 Å². The quantitative estimate of drug-likeness (QED) is 0.309. The fourth-order valence-electron chi connectivity index (χ4n) is 1.50. The monoisotopic (exact) mass is 172 g/mol. The predicted molar refractivity (Wildman–Crippen MR) is 46.4 cm³/mol. The number of carbonyl (C=O) groups is 1. The number of carbonyl (C=O) groups excluding carboxylic acids is 1. The zero-order valence-corrected chi connectivity index (χ0v) is 7.58. The van der Waals surface area contributed by atoms with E-state index in [4.69, 9.17) is 5.84 Å². The molecule has 12 heavy (non-hydrogen) atoms. The minimum Gasteiger partial charge on any atom is -0.322 e. The Morgan fingerprint density at radius 1 is 1.75 bits per heavy atom. The molecule has 1 fully saturated rings. The number of likely N-dealkylation sites (N-methyl/N-ethyl adjacent to an activating group) is 2. The van der Waals surface area contributed by atoms with E-state index >= 15 is 0 Å². The van der Waals surface area contributed by atoms with Crippen molar-refractivity contribution in [3.8, 4) is 0 Å². The molecule has 2 amide bonds. The molecule has 0 radical (unpaired) electrons. The van der Waals surface area contributed by atoms with Gasteiger partial charge in [-0.05, 0) is 20.0 Å². The van der Waals surface area contributed by atoms with E-state index in [1.165, 1.54) is 0 Å². The highest BCUT2D eigenvalue weighted by molar-refractivity contribution is 5.73. The lowest BCUT2D eigenvalue weighted by Gasteiger charge is -2.23. The van der Waals surface area contributed by atoms with Gasteiger partial charge in [-0.15, -0.1) is 0 Å². The Labute approximate surface area is 72.5 Å². The van der Waals surface area contributed by atoms with E-state index in [2.05, 4.69) is 10.3 Å². The second-order valence-corrected chi connectivity index (χ2v) is 3.27. The Kier molecular flexibility index (Phi) is 2.88. The van der Waals surface area contributed by atoms with Crippen LogP contribution in [-0.4, -0.2) is 49.1 Å². The minimum atomic E-state index is -0.213. The van der Waals surface area contributed by atoms with Crippen molar-refractivity contribution in [1.82, 2.24) is 15.2 Å². The van der Waals surface area contributed by atoms with Gasteiger partial charge in [0, 0.05) is 19.6 Å². The third-order valence-electron chi connectivity index (χ3n) is 2.36. The molecule has 5 heteroatoms. The maximum atomic E-state index is 11.1. The zero-order valence-electron chi connectivity index (χ0n) is 7.58. The molecule has 1 atom stereocenters. The zero-order chi connectivity index (χ0) is 9.14. The van der Waals surface area contributed by atoms with Gasteiger partial charge in [0.15, 0.2) is 0 Å². The number of hydrazine groups is 1. The summed E-state index contributed by atoms with van der Waals surface area (Å²) in [6.45, 7) is 1.98. The summed E-state index contributed by atoms with van der Waals surface area (Å²) in [6, 6.07) is 0.0915. The van der Waals surface area contributed by atoms with Crippen molar-refractivity contribution in [2.24, 2.45) is 5.84 Å². The SMILES string of the molecule is CN1CCC(N(C)C(=O)NN)C1. The summed E-state index contributed by atoms with van der Waals surface area (Å²) in [5.74, 6) is 5.02. The standard InChI is InChI=1S/C7H16N4O/c1-10-4-3-6(5-10)11(2)7(12)9-8/h6H,3-5,8H2,1-2H3,(H,9,12). The van der Waals surface area contributed by atoms with Gasteiger partial charge in [-0.1, -0.05) is 0 Å². The molecule has 0 aliphatic carbocycles. The van der Waals surface area contributed by atoms with E-state index in [-0.39, 0.29) is 6.03 Å². The highest BCUT2D eigenvalue weighted by Crippen LogP contribution is 2.11. The van der Waals surface area contributed by atoms with Gasteiger partial charge in [-0.25, -0.2) is 10.6 Å². The molecular formula is C7H16N4O. The molecule has 1 saturated heterocycles. The second-order valence-electron chi connectivity index (χ2n) is 3.27. The average molecular weight is 172 g/mol. The molecule has 0 saturated carbocycles. The number of nitrogens with two attached hydrogens (primary N) is 1. The Bertz CT molecular complexity index is 173. The lowest BCUT2D eigenvalue weighted by Crippen LogP contribution is -2.47. The van der Waals surface area contributed by atoms with Gasteiger partial charge in [-0.2, -0.15) is 0 Å². The first-order valence-electron chi connectivity index (χ1n) is 4.07. The molecule has 0 aromatic heterocycles. The predicted octanol–water partition coefficient (Wildman–Crippen LogP) is -0.794. The summed E-state index contributed by atoms with van der Waals surface area (Å²) in [4.78, 5) is 14.9. The fraction of sp³-hybridized carbons (Fsp3) is 0.857. The fourth-order valence-corrected chi connectivity index (χ4v) is 1.50. The first-order chi connectivity index (χ1) is 5.65. The molecule has 1 aliphatic rings. The molecule has 70 valence electrons. The third-order valence-corrected chi connectivity index (χ3v) is 2.36. The number of amides is 2. The van der Waals surface area contributed by atoms with E-state index in [0.717, 1.165) is 19.5 Å². The van der Waals surface area contributed by atoms with Gasteiger partial charge >= 0.3 is 6.03 Å². The minimum absolute atomic E-state index is 0.213. The van der Waals surface area contributed by atoms with Gasteiger partial charge in [-0.3, -0.25) is 5.43 Å². The third kappa shape index (κ3) is 1.86. The Morgan fingerprint density at radius 2 is 2.42 bits per heavy atom. The van der Waals surface area contributed by atoms with Crippen LogP contribution in [0.15, 0.2) is 0 Å². The van der Waals surface area contributed by atoms with Crippen molar-refractivity contribution < 1.29 is 4.79 Å². The molecule has 0 aromatic carbocycles. The molecule has 1 aliphatic heterocycles. The summed E-state index contributed by atoms with van der Waals surface area (Å²) in [6.07, 6.45) is 1.03. The highest BCUT2D eigenvalue weighted by atomic mass is 16.2. The maximum absolute atomic E-state index is 11.1. The topological polar surface area (TPSA) is 61.6 Å². The molecule has 0 aromatic rings. The molecule has 1 unspecified atom stereocenters. The second kappa shape index (κ2) is 3.73. The van der Waals surface area contributed by atoms with Crippen LogP contribution in [0.3, 0.4) is 0 Å². The number of hydrogen-bond donors (Lipinski definition) is 2. The van der Waals surface area contributed by atoms with Crippen LogP contribution in [0.5, 0.6) is 0 Å². The number of nitrogens with zero attached hydrogens (tertiary/aromatic N) is 2. The molecule has 1 heterocycles. The first kappa shape index (κ1) is 9.28. The molecule has 0 bridgehead atoms. The summed E-state index contributed by atoms with van der Waals surface area (Å²) < 4.78 is 0. The number of hydrogen-bond acceptors (Lipinski definition) is 3. The Morgan fingerprint density at radius 3 is 2.83 bits per heavy atom. The van der Waals surface area contributed by atoms with Crippen LogP contribution >= 0.6 is 0 Å². The van der Waals surface area contributed by atoms with E-state index in [9.17, 15) is 4.79 Å². The smallest absolute Gasteiger partial charge is 0.322 e. The van der Waals surface area contributed by atoms with Gasteiger partial charge < -0.3 is 9.80 Å². The molecule has 1 rings (SSSR count). The van der Waals surface area contributed by atoms with Crippen LogP contribution in [-0.2, 0) is 0 Å². The molecule has 0 spiro atoms. The first-order valence-corrected chi connectivity index (χ1v) is 4.07. The van der Waals surface area contributed by atoms with Crippen LogP contribution in [0, 0.1) is 0 Å². The number of urea groups is 1. The summed E-state index contributed by atoms with van der Waals surface area (Å²) >= 11 is 0. The number of likely N-dealkylation sites (tertiary alicyclic amines) is 1. The molecule has 5 nitrogen and oxygen atoms in total. The van der Waals surface area contributed by atoms with Crippen molar-refractivity contribution in [1.29, 1.82) is 0 Å². The van der Waals surface area contributed by atoms with Crippen molar-refractivity contribution in [2.45, 2.75) is 12.5 Å². The Hall–Kier alpha value is -0.810. The normalized spacial score (nSPS) is 24.1. The van der Waals surface area contributed by atoms with Crippen LogP contribution in [0.1, 0.15) is 6.42 Å². The average Bonchev–Trinajstić information content (AvgIpc) is 2.49. The van der Waals surface area contributed by atoms with Crippen molar-refractivity contribution >= 4 is 6.03 Å².